The van der Waals surface area contributed by atoms with Gasteiger partial charge in [-0.15, -0.1) is 0 Å². The molecule has 0 amide bonds. The lowest BCUT2D eigenvalue weighted by atomic mass is 10.0. The third-order valence-electron chi connectivity index (χ3n) is 2.28. The fraction of sp³-hybridized carbons (Fsp3) is 0.0769. The van der Waals surface area contributed by atoms with E-state index in [1.807, 2.05) is 30.3 Å². The maximum absolute atomic E-state index is 12.9. The largest absolute Gasteiger partial charge is 0.384 e. The lowest BCUT2D eigenvalue weighted by Crippen LogP contribution is -1.99. The molecule has 0 aliphatic heterocycles. The Bertz CT molecular complexity index is 439. The number of hydrogen-bond donors (Lipinski definition) is 1. The summed E-state index contributed by atoms with van der Waals surface area (Å²) in [5.41, 5.74) is 1.34. The van der Waals surface area contributed by atoms with E-state index in [4.69, 9.17) is 0 Å². The van der Waals surface area contributed by atoms with E-state index in [0.29, 0.717) is 5.56 Å². The van der Waals surface area contributed by atoms with Gasteiger partial charge in [0.1, 0.15) is 11.9 Å². The van der Waals surface area contributed by atoms with Gasteiger partial charge in [0.2, 0.25) is 0 Å². The molecule has 0 aromatic heterocycles. The number of aliphatic hydroxyl groups excluding tert-OH is 1. The van der Waals surface area contributed by atoms with E-state index >= 15 is 0 Å². The second-order valence-corrected chi connectivity index (χ2v) is 3.37. The normalized spacial score (nSPS) is 12.4. The zero-order valence-electron chi connectivity index (χ0n) is 8.10. The van der Waals surface area contributed by atoms with Gasteiger partial charge in [-0.2, -0.15) is 0 Å². The summed E-state index contributed by atoms with van der Waals surface area (Å²) in [6.45, 7) is 0. The summed E-state index contributed by atoms with van der Waals surface area (Å²) in [6, 6.07) is 15.2. The van der Waals surface area contributed by atoms with Gasteiger partial charge in [0.25, 0.3) is 0 Å². The molecular weight excluding hydrogens is 191 g/mol. The molecule has 0 spiro atoms. The van der Waals surface area contributed by atoms with Gasteiger partial charge in [-0.1, -0.05) is 42.5 Å². The highest BCUT2D eigenvalue weighted by molar-refractivity contribution is 5.29. The van der Waals surface area contributed by atoms with Crippen LogP contribution in [-0.4, -0.2) is 5.11 Å². The summed E-state index contributed by atoms with van der Waals surface area (Å²) in [7, 11) is 0. The van der Waals surface area contributed by atoms with E-state index in [0.717, 1.165) is 5.56 Å². The van der Waals surface area contributed by atoms with Gasteiger partial charge in [-0.25, -0.2) is 4.39 Å². The van der Waals surface area contributed by atoms with Crippen molar-refractivity contribution in [2.75, 3.05) is 0 Å². The zero-order chi connectivity index (χ0) is 10.7. The molecule has 2 rings (SSSR count). The molecule has 2 aromatic carbocycles. The highest BCUT2D eigenvalue weighted by Crippen LogP contribution is 2.21. The third kappa shape index (κ3) is 2.22. The van der Waals surface area contributed by atoms with Crippen molar-refractivity contribution in [3.8, 4) is 0 Å². The van der Waals surface area contributed by atoms with Gasteiger partial charge < -0.3 is 5.11 Å². The second-order valence-electron chi connectivity index (χ2n) is 3.37. The van der Waals surface area contributed by atoms with Crippen molar-refractivity contribution in [2.45, 2.75) is 6.10 Å². The zero-order valence-corrected chi connectivity index (χ0v) is 8.10. The van der Waals surface area contributed by atoms with Crippen molar-refractivity contribution in [3.05, 3.63) is 71.5 Å². The molecule has 1 atom stereocenters. The van der Waals surface area contributed by atoms with Crippen LogP contribution in [0.15, 0.2) is 54.6 Å². The molecular formula is C13H11FO. The molecule has 0 bridgehead atoms. The Morgan fingerprint density at radius 3 is 2.20 bits per heavy atom. The van der Waals surface area contributed by atoms with E-state index in [1.165, 1.54) is 12.1 Å². The molecule has 2 heteroatoms. The SMILES string of the molecule is O[C@@H](c1ccccc1)c1cccc(F)c1. The Hall–Kier alpha value is -1.67. The summed E-state index contributed by atoms with van der Waals surface area (Å²) >= 11 is 0. The molecule has 0 fully saturated rings. The molecule has 0 aliphatic carbocycles. The molecule has 0 unspecified atom stereocenters. The molecule has 0 heterocycles. The topological polar surface area (TPSA) is 20.2 Å². The molecule has 1 N–H and O–H groups in total. The first-order valence-electron chi connectivity index (χ1n) is 4.76. The maximum atomic E-state index is 12.9. The second kappa shape index (κ2) is 4.24. The molecule has 76 valence electrons. The number of rotatable bonds is 2. The first-order chi connectivity index (χ1) is 7.27. The third-order valence-corrected chi connectivity index (χ3v) is 2.28. The summed E-state index contributed by atoms with van der Waals surface area (Å²) in [5, 5.41) is 9.95. The molecule has 0 radical (unpaired) electrons. The fourth-order valence-corrected chi connectivity index (χ4v) is 1.50. The Morgan fingerprint density at radius 2 is 1.53 bits per heavy atom. The molecule has 0 saturated heterocycles. The first kappa shape index (κ1) is 9.87. The number of hydrogen-bond acceptors (Lipinski definition) is 1. The van der Waals surface area contributed by atoms with Crippen molar-refractivity contribution in [1.82, 2.24) is 0 Å². The van der Waals surface area contributed by atoms with E-state index in [-0.39, 0.29) is 5.82 Å². The van der Waals surface area contributed by atoms with Gasteiger partial charge in [-0.3, -0.25) is 0 Å². The Balaban J connectivity index is 2.32. The minimum absolute atomic E-state index is 0.331. The van der Waals surface area contributed by atoms with Crippen LogP contribution in [-0.2, 0) is 0 Å². The van der Waals surface area contributed by atoms with Crippen LogP contribution in [0, 0.1) is 5.82 Å². The van der Waals surface area contributed by atoms with E-state index in [2.05, 4.69) is 0 Å². The van der Waals surface area contributed by atoms with Gasteiger partial charge in [0, 0.05) is 0 Å². The van der Waals surface area contributed by atoms with E-state index < -0.39 is 6.10 Å². The molecule has 0 aliphatic rings. The van der Waals surface area contributed by atoms with Crippen molar-refractivity contribution < 1.29 is 9.50 Å². The quantitative estimate of drug-likeness (QED) is 0.793. The van der Waals surface area contributed by atoms with Crippen LogP contribution in [0.2, 0.25) is 0 Å². The van der Waals surface area contributed by atoms with Gasteiger partial charge in [0.05, 0.1) is 0 Å². The average Bonchev–Trinajstić information content (AvgIpc) is 2.29. The van der Waals surface area contributed by atoms with Crippen LogP contribution in [0.5, 0.6) is 0 Å². The molecule has 0 saturated carbocycles. The van der Waals surface area contributed by atoms with Crippen LogP contribution in [0.25, 0.3) is 0 Å². The summed E-state index contributed by atoms with van der Waals surface area (Å²) < 4.78 is 12.9. The standard InChI is InChI=1S/C13H11FO/c14-12-8-4-7-11(9-12)13(15)10-5-2-1-3-6-10/h1-9,13,15H/t13-/m0/s1. The maximum Gasteiger partial charge on any atom is 0.123 e. The van der Waals surface area contributed by atoms with E-state index in [9.17, 15) is 9.50 Å². The summed E-state index contributed by atoms with van der Waals surface area (Å²) in [4.78, 5) is 0. The minimum Gasteiger partial charge on any atom is -0.384 e. The highest BCUT2D eigenvalue weighted by atomic mass is 19.1. The molecule has 1 nitrogen and oxygen atoms in total. The lowest BCUT2D eigenvalue weighted by Gasteiger charge is -2.10. The van der Waals surface area contributed by atoms with Crippen LogP contribution in [0.4, 0.5) is 4.39 Å². The van der Waals surface area contributed by atoms with Crippen molar-refractivity contribution in [2.24, 2.45) is 0 Å². The smallest absolute Gasteiger partial charge is 0.123 e. The Labute approximate surface area is 87.8 Å². The predicted molar refractivity (Wildman–Crippen MR) is 56.9 cm³/mol. The van der Waals surface area contributed by atoms with Crippen LogP contribution < -0.4 is 0 Å². The van der Waals surface area contributed by atoms with Gasteiger partial charge in [-0.05, 0) is 23.3 Å². The number of benzene rings is 2. The Kier molecular flexibility index (Phi) is 2.79. The van der Waals surface area contributed by atoms with Gasteiger partial charge in [0.15, 0.2) is 0 Å². The van der Waals surface area contributed by atoms with E-state index in [1.54, 1.807) is 12.1 Å². The monoisotopic (exact) mass is 202 g/mol. The van der Waals surface area contributed by atoms with Crippen LogP contribution >= 0.6 is 0 Å². The minimum atomic E-state index is -0.762. The lowest BCUT2D eigenvalue weighted by molar-refractivity contribution is 0.220. The Morgan fingerprint density at radius 1 is 0.867 bits per heavy atom. The van der Waals surface area contributed by atoms with Gasteiger partial charge >= 0.3 is 0 Å². The van der Waals surface area contributed by atoms with Crippen LogP contribution in [0.1, 0.15) is 17.2 Å². The summed E-state index contributed by atoms with van der Waals surface area (Å²) in [6.07, 6.45) is -0.762. The molecule has 15 heavy (non-hydrogen) atoms. The average molecular weight is 202 g/mol. The summed E-state index contributed by atoms with van der Waals surface area (Å²) in [5.74, 6) is -0.331. The number of halogens is 1. The highest BCUT2D eigenvalue weighted by Gasteiger charge is 2.09. The van der Waals surface area contributed by atoms with Crippen LogP contribution in [0.3, 0.4) is 0 Å². The fourth-order valence-electron chi connectivity index (χ4n) is 1.50. The first-order valence-corrected chi connectivity index (χ1v) is 4.76. The van der Waals surface area contributed by atoms with Crippen molar-refractivity contribution >= 4 is 0 Å². The number of aliphatic hydroxyl groups is 1. The van der Waals surface area contributed by atoms with Crippen molar-refractivity contribution in [1.29, 1.82) is 0 Å². The van der Waals surface area contributed by atoms with Crippen molar-refractivity contribution in [3.63, 3.8) is 0 Å². The predicted octanol–water partition coefficient (Wildman–Crippen LogP) is 2.91. The molecule has 2 aromatic rings.